The van der Waals surface area contributed by atoms with Gasteiger partial charge in [0.15, 0.2) is 5.16 Å². The van der Waals surface area contributed by atoms with Gasteiger partial charge >= 0.3 is 0 Å². The van der Waals surface area contributed by atoms with E-state index >= 15 is 0 Å². The number of benzene rings is 2. The largest absolute Gasteiger partial charge is 0.497 e. The summed E-state index contributed by atoms with van der Waals surface area (Å²) in [6, 6.07) is 16.4. The third-order valence-electron chi connectivity index (χ3n) is 5.35. The fourth-order valence-corrected chi connectivity index (χ4v) is 4.26. The van der Waals surface area contributed by atoms with Gasteiger partial charge in [0.25, 0.3) is 0 Å². The van der Waals surface area contributed by atoms with Crippen LogP contribution in [0.25, 0.3) is 5.69 Å². The number of aryl methyl sites for hydroxylation is 2. The van der Waals surface area contributed by atoms with Crippen LogP contribution in [0.3, 0.4) is 0 Å². The molecule has 0 aliphatic rings. The molecule has 1 atom stereocenters. The molecule has 32 heavy (non-hydrogen) atoms. The summed E-state index contributed by atoms with van der Waals surface area (Å²) in [5.41, 5.74) is 3.43. The Morgan fingerprint density at radius 1 is 1.12 bits per heavy atom. The van der Waals surface area contributed by atoms with Gasteiger partial charge in [0.05, 0.1) is 18.9 Å². The Labute approximate surface area is 194 Å². The first-order valence-electron chi connectivity index (χ1n) is 10.6. The predicted octanol–water partition coefficient (Wildman–Crippen LogP) is 3.66. The zero-order chi connectivity index (χ0) is 23.1. The number of likely N-dealkylation sites (N-methyl/N-ethyl adjacent to an activating group) is 1. The molecule has 1 unspecified atom stereocenters. The van der Waals surface area contributed by atoms with E-state index in [9.17, 15) is 4.79 Å². The summed E-state index contributed by atoms with van der Waals surface area (Å²) in [5, 5.41) is 12.2. The van der Waals surface area contributed by atoms with Crippen molar-refractivity contribution in [2.45, 2.75) is 31.5 Å². The van der Waals surface area contributed by atoms with Gasteiger partial charge < -0.3 is 15.0 Å². The lowest BCUT2D eigenvalue weighted by molar-refractivity contribution is -0.118. The van der Waals surface area contributed by atoms with Gasteiger partial charge in [-0.1, -0.05) is 43.0 Å². The zero-order valence-corrected chi connectivity index (χ0v) is 20.1. The molecule has 0 fully saturated rings. The van der Waals surface area contributed by atoms with Crippen molar-refractivity contribution >= 4 is 17.7 Å². The van der Waals surface area contributed by atoms with E-state index in [4.69, 9.17) is 4.74 Å². The predicted molar refractivity (Wildman–Crippen MR) is 129 cm³/mol. The van der Waals surface area contributed by atoms with Crippen LogP contribution in [0.5, 0.6) is 5.75 Å². The summed E-state index contributed by atoms with van der Waals surface area (Å²) in [6.45, 7) is 4.59. The molecule has 0 aliphatic carbocycles. The molecule has 1 N–H and O–H groups in total. The number of nitrogens with zero attached hydrogens (tertiary/aromatic N) is 4. The van der Waals surface area contributed by atoms with E-state index in [0.29, 0.717) is 11.7 Å². The molecule has 2 aromatic carbocycles. The first-order valence-corrected chi connectivity index (χ1v) is 11.6. The number of ether oxygens (including phenoxy) is 1. The Hall–Kier alpha value is -2.84. The average Bonchev–Trinajstić information content (AvgIpc) is 3.18. The number of nitrogens with one attached hydrogen (secondary N) is 1. The molecule has 170 valence electrons. The second-order valence-electron chi connectivity index (χ2n) is 7.73. The van der Waals surface area contributed by atoms with E-state index in [2.05, 4.69) is 51.6 Å². The Morgan fingerprint density at radius 2 is 1.81 bits per heavy atom. The molecule has 0 radical (unpaired) electrons. The highest BCUT2D eigenvalue weighted by Crippen LogP contribution is 2.24. The van der Waals surface area contributed by atoms with Gasteiger partial charge in [0, 0.05) is 12.2 Å². The van der Waals surface area contributed by atoms with Crippen molar-refractivity contribution in [1.82, 2.24) is 25.0 Å². The van der Waals surface area contributed by atoms with Crippen molar-refractivity contribution in [1.29, 1.82) is 0 Å². The number of carbonyl (C=O) groups excluding carboxylic acids is 1. The number of methoxy groups -OCH3 is 1. The van der Waals surface area contributed by atoms with Crippen LogP contribution in [0, 0.1) is 6.92 Å². The van der Waals surface area contributed by atoms with E-state index < -0.39 is 0 Å². The quantitative estimate of drug-likeness (QED) is 0.473. The van der Waals surface area contributed by atoms with Crippen LogP contribution in [0.15, 0.2) is 53.7 Å². The molecule has 0 aliphatic heterocycles. The molecule has 7 nitrogen and oxygen atoms in total. The Bertz CT molecular complexity index is 1020. The maximum atomic E-state index is 12.6. The number of hydrogen-bond acceptors (Lipinski definition) is 6. The minimum Gasteiger partial charge on any atom is -0.497 e. The Morgan fingerprint density at radius 3 is 2.41 bits per heavy atom. The van der Waals surface area contributed by atoms with E-state index in [1.165, 1.54) is 22.9 Å². The maximum absolute atomic E-state index is 12.6. The van der Waals surface area contributed by atoms with E-state index in [-0.39, 0.29) is 17.7 Å². The monoisotopic (exact) mass is 453 g/mol. The summed E-state index contributed by atoms with van der Waals surface area (Å²) in [7, 11) is 5.69. The highest BCUT2D eigenvalue weighted by molar-refractivity contribution is 7.99. The van der Waals surface area contributed by atoms with Crippen LogP contribution in [0.2, 0.25) is 0 Å². The molecule has 3 rings (SSSR count). The molecule has 0 bridgehead atoms. The van der Waals surface area contributed by atoms with Crippen LogP contribution >= 0.6 is 11.8 Å². The lowest BCUT2D eigenvalue weighted by Gasteiger charge is -2.25. The van der Waals surface area contributed by atoms with E-state index in [1.807, 2.05) is 49.9 Å². The minimum atomic E-state index is -0.0334. The molecule has 0 spiro atoms. The first kappa shape index (κ1) is 23.8. The van der Waals surface area contributed by atoms with Crippen LogP contribution < -0.4 is 10.1 Å². The fourth-order valence-electron chi connectivity index (χ4n) is 3.43. The Balaban J connectivity index is 1.60. The number of thioether (sulfide) groups is 1. The Kier molecular flexibility index (Phi) is 8.30. The lowest BCUT2D eigenvalue weighted by atomic mass is 10.0. The highest BCUT2D eigenvalue weighted by atomic mass is 32.2. The fraction of sp³-hybridized carbons (Fsp3) is 0.375. The van der Waals surface area contributed by atoms with E-state index in [1.54, 1.807) is 7.11 Å². The van der Waals surface area contributed by atoms with Crippen LogP contribution in [0.1, 0.15) is 29.9 Å². The maximum Gasteiger partial charge on any atom is 0.230 e. The molecule has 1 aromatic heterocycles. The van der Waals surface area contributed by atoms with Crippen LogP contribution in [-0.2, 0) is 11.2 Å². The second kappa shape index (κ2) is 11.2. The number of hydrogen-bond donors (Lipinski definition) is 1. The van der Waals surface area contributed by atoms with Gasteiger partial charge in [0.1, 0.15) is 11.6 Å². The second-order valence-corrected chi connectivity index (χ2v) is 8.67. The molecule has 3 aromatic rings. The molecule has 1 heterocycles. The van der Waals surface area contributed by atoms with Gasteiger partial charge in [-0.25, -0.2) is 0 Å². The molecule has 8 heteroatoms. The van der Waals surface area contributed by atoms with Crippen LogP contribution in [0.4, 0.5) is 0 Å². The van der Waals surface area contributed by atoms with E-state index in [0.717, 1.165) is 23.7 Å². The van der Waals surface area contributed by atoms with Gasteiger partial charge in [-0.15, -0.1) is 10.2 Å². The number of rotatable bonds is 10. The molecular weight excluding hydrogens is 422 g/mol. The smallest absolute Gasteiger partial charge is 0.230 e. The minimum absolute atomic E-state index is 0.0334. The number of amides is 1. The topological polar surface area (TPSA) is 72.3 Å². The van der Waals surface area contributed by atoms with Crippen molar-refractivity contribution < 1.29 is 9.53 Å². The molecule has 0 saturated carbocycles. The number of carbonyl (C=O) groups is 1. The van der Waals surface area contributed by atoms with Gasteiger partial charge in [0.2, 0.25) is 5.91 Å². The van der Waals surface area contributed by atoms with Gasteiger partial charge in [-0.2, -0.15) is 0 Å². The van der Waals surface area contributed by atoms with Crippen molar-refractivity contribution in [2.75, 3.05) is 33.5 Å². The summed E-state index contributed by atoms with van der Waals surface area (Å²) in [4.78, 5) is 14.7. The normalized spacial score (nSPS) is 12.1. The third-order valence-corrected chi connectivity index (χ3v) is 6.28. The third kappa shape index (κ3) is 5.89. The molecule has 0 saturated heterocycles. The van der Waals surface area contributed by atoms with Crippen LogP contribution in [-0.4, -0.2) is 59.1 Å². The molecule has 1 amide bonds. The van der Waals surface area contributed by atoms with Crippen molar-refractivity contribution in [3.63, 3.8) is 0 Å². The molecular formula is C24H31N5O2S. The SMILES string of the molecule is CCc1ccc(C(CNC(=O)CSc2nnc(C)n2-c2ccc(OC)cc2)N(C)C)cc1. The number of aromatic nitrogens is 3. The average molecular weight is 454 g/mol. The standard InChI is InChI=1S/C24H31N5O2S/c1-6-18-7-9-19(10-8-18)22(28(3)4)15-25-23(30)16-32-24-27-26-17(2)29(24)20-11-13-21(31-5)14-12-20/h7-14,22H,6,15-16H2,1-5H3,(H,25,30). The summed E-state index contributed by atoms with van der Waals surface area (Å²) in [5.74, 6) is 1.78. The van der Waals surface area contributed by atoms with Gasteiger partial charge in [-0.05, 0) is 62.8 Å². The summed E-state index contributed by atoms with van der Waals surface area (Å²) in [6.07, 6.45) is 1.02. The lowest BCUT2D eigenvalue weighted by Crippen LogP contribution is -2.35. The summed E-state index contributed by atoms with van der Waals surface area (Å²) < 4.78 is 7.17. The highest BCUT2D eigenvalue weighted by Gasteiger charge is 2.17. The van der Waals surface area contributed by atoms with Crippen molar-refractivity contribution in [3.8, 4) is 11.4 Å². The first-order chi connectivity index (χ1) is 15.4. The van der Waals surface area contributed by atoms with Gasteiger partial charge in [-0.3, -0.25) is 9.36 Å². The van der Waals surface area contributed by atoms with Crippen molar-refractivity contribution in [3.05, 3.63) is 65.5 Å². The summed E-state index contributed by atoms with van der Waals surface area (Å²) >= 11 is 1.37. The zero-order valence-electron chi connectivity index (χ0n) is 19.3. The van der Waals surface area contributed by atoms with Crippen molar-refractivity contribution in [2.24, 2.45) is 0 Å².